The van der Waals surface area contributed by atoms with Gasteiger partial charge in [-0.05, 0) is 5.92 Å². The standard InChI is InChI=1S/C10H17ClN4S/c1-8(2)7-14-3-5-15(6-4-14)10-9(11)12-16-13-10/h8H,3-7H2,1-2H3. The average molecular weight is 261 g/mol. The van der Waals surface area contributed by atoms with Crippen LogP contribution in [0, 0.1) is 5.92 Å². The minimum Gasteiger partial charge on any atom is -0.351 e. The Morgan fingerprint density at radius 3 is 2.44 bits per heavy atom. The molecule has 0 aliphatic carbocycles. The number of nitrogens with zero attached hydrogens (tertiary/aromatic N) is 4. The van der Waals surface area contributed by atoms with Crippen LogP contribution in [0.2, 0.25) is 5.15 Å². The minimum absolute atomic E-state index is 0.544. The molecule has 2 rings (SSSR count). The fourth-order valence-corrected chi connectivity index (χ4v) is 2.80. The van der Waals surface area contributed by atoms with E-state index in [1.807, 2.05) is 0 Å². The van der Waals surface area contributed by atoms with Crippen molar-refractivity contribution in [2.75, 3.05) is 37.6 Å². The van der Waals surface area contributed by atoms with Gasteiger partial charge in [0.25, 0.3) is 0 Å². The van der Waals surface area contributed by atoms with Crippen molar-refractivity contribution < 1.29 is 0 Å². The van der Waals surface area contributed by atoms with Crippen LogP contribution in [0.5, 0.6) is 0 Å². The summed E-state index contributed by atoms with van der Waals surface area (Å²) in [5, 5.41) is 0.544. The Labute approximate surface area is 106 Å². The lowest BCUT2D eigenvalue weighted by atomic mass is 10.2. The number of anilines is 1. The second-order valence-electron chi connectivity index (χ2n) is 4.56. The van der Waals surface area contributed by atoms with Crippen LogP contribution in [0.25, 0.3) is 0 Å². The molecule has 0 amide bonds. The molecule has 1 aromatic rings. The molecule has 0 unspecified atom stereocenters. The maximum absolute atomic E-state index is 5.98. The van der Waals surface area contributed by atoms with Crippen molar-refractivity contribution in [1.82, 2.24) is 13.6 Å². The molecule has 1 fully saturated rings. The molecule has 0 atom stereocenters. The van der Waals surface area contributed by atoms with Crippen molar-refractivity contribution in [3.63, 3.8) is 0 Å². The van der Waals surface area contributed by atoms with Gasteiger partial charge in [-0.2, -0.15) is 8.75 Å². The molecular formula is C10H17ClN4S. The lowest BCUT2D eigenvalue weighted by molar-refractivity contribution is 0.231. The Bertz CT molecular complexity index is 333. The quantitative estimate of drug-likeness (QED) is 0.832. The molecule has 0 radical (unpaired) electrons. The van der Waals surface area contributed by atoms with Crippen molar-refractivity contribution in [2.24, 2.45) is 5.92 Å². The average Bonchev–Trinajstić information content (AvgIpc) is 2.65. The molecule has 1 saturated heterocycles. The maximum Gasteiger partial charge on any atom is 0.187 e. The molecule has 0 spiro atoms. The summed E-state index contributed by atoms with van der Waals surface area (Å²) >= 11 is 7.16. The first-order valence-electron chi connectivity index (χ1n) is 5.62. The van der Waals surface area contributed by atoms with Crippen LogP contribution in [-0.4, -0.2) is 46.4 Å². The lowest BCUT2D eigenvalue weighted by Crippen LogP contribution is -2.47. The summed E-state index contributed by atoms with van der Waals surface area (Å²) in [5.41, 5.74) is 0. The van der Waals surface area contributed by atoms with Crippen LogP contribution in [0.15, 0.2) is 0 Å². The molecule has 16 heavy (non-hydrogen) atoms. The van der Waals surface area contributed by atoms with E-state index in [9.17, 15) is 0 Å². The predicted molar refractivity (Wildman–Crippen MR) is 68.4 cm³/mol. The van der Waals surface area contributed by atoms with Crippen molar-refractivity contribution in [2.45, 2.75) is 13.8 Å². The zero-order valence-corrected chi connectivity index (χ0v) is 11.3. The van der Waals surface area contributed by atoms with Crippen LogP contribution < -0.4 is 4.90 Å². The van der Waals surface area contributed by atoms with Gasteiger partial charge >= 0.3 is 0 Å². The summed E-state index contributed by atoms with van der Waals surface area (Å²) in [5.74, 6) is 1.59. The van der Waals surface area contributed by atoms with Gasteiger partial charge in [0, 0.05) is 32.7 Å². The van der Waals surface area contributed by atoms with Crippen molar-refractivity contribution >= 4 is 29.1 Å². The summed E-state index contributed by atoms with van der Waals surface area (Å²) in [6.45, 7) is 9.87. The monoisotopic (exact) mass is 260 g/mol. The highest BCUT2D eigenvalue weighted by Crippen LogP contribution is 2.23. The smallest absolute Gasteiger partial charge is 0.187 e. The molecule has 6 heteroatoms. The van der Waals surface area contributed by atoms with Gasteiger partial charge in [-0.3, -0.25) is 4.90 Å². The van der Waals surface area contributed by atoms with E-state index in [1.165, 1.54) is 18.3 Å². The number of hydrogen-bond donors (Lipinski definition) is 0. The third-order valence-corrected chi connectivity index (χ3v) is 3.60. The summed E-state index contributed by atoms with van der Waals surface area (Å²) in [7, 11) is 0. The van der Waals surface area contributed by atoms with Gasteiger partial charge < -0.3 is 4.90 Å². The molecule has 2 heterocycles. The van der Waals surface area contributed by atoms with Crippen molar-refractivity contribution in [3.8, 4) is 0 Å². The van der Waals surface area contributed by atoms with Crippen LogP contribution in [0.1, 0.15) is 13.8 Å². The summed E-state index contributed by atoms with van der Waals surface area (Å²) in [6.07, 6.45) is 0. The molecule has 1 aromatic heterocycles. The van der Waals surface area contributed by atoms with Crippen molar-refractivity contribution in [1.29, 1.82) is 0 Å². The molecule has 0 aromatic carbocycles. The SMILES string of the molecule is CC(C)CN1CCN(c2nsnc2Cl)CC1. The molecule has 90 valence electrons. The van der Waals surface area contributed by atoms with Gasteiger partial charge in [0.15, 0.2) is 11.0 Å². The first kappa shape index (κ1) is 12.1. The van der Waals surface area contributed by atoms with Crippen LogP contribution in [-0.2, 0) is 0 Å². The third kappa shape index (κ3) is 2.84. The molecule has 0 N–H and O–H groups in total. The number of rotatable bonds is 3. The van der Waals surface area contributed by atoms with Gasteiger partial charge in [0.2, 0.25) is 0 Å². The fourth-order valence-electron chi connectivity index (χ4n) is 2.02. The Morgan fingerprint density at radius 2 is 1.94 bits per heavy atom. The largest absolute Gasteiger partial charge is 0.351 e. The van der Waals surface area contributed by atoms with E-state index in [-0.39, 0.29) is 0 Å². The Morgan fingerprint density at radius 1 is 1.25 bits per heavy atom. The lowest BCUT2D eigenvalue weighted by Gasteiger charge is -2.35. The molecule has 1 aliphatic rings. The van der Waals surface area contributed by atoms with E-state index in [1.54, 1.807) is 0 Å². The Hall–Kier alpha value is -0.390. The second kappa shape index (κ2) is 5.29. The second-order valence-corrected chi connectivity index (χ2v) is 5.45. The van der Waals surface area contributed by atoms with Gasteiger partial charge in [-0.15, -0.1) is 0 Å². The Kier molecular flexibility index (Phi) is 4.00. The van der Waals surface area contributed by atoms with E-state index in [0.717, 1.165) is 37.9 Å². The molecular weight excluding hydrogens is 244 g/mol. The molecule has 1 aliphatic heterocycles. The van der Waals surface area contributed by atoms with Gasteiger partial charge in [0.1, 0.15) is 0 Å². The summed E-state index contributed by atoms with van der Waals surface area (Å²) in [6, 6.07) is 0. The van der Waals surface area contributed by atoms with Crippen molar-refractivity contribution in [3.05, 3.63) is 5.15 Å². The Balaban J connectivity index is 1.88. The van der Waals surface area contributed by atoms with E-state index >= 15 is 0 Å². The van der Waals surface area contributed by atoms with E-state index in [4.69, 9.17) is 11.6 Å². The summed E-state index contributed by atoms with van der Waals surface area (Å²) in [4.78, 5) is 4.72. The summed E-state index contributed by atoms with van der Waals surface area (Å²) < 4.78 is 8.23. The zero-order valence-electron chi connectivity index (χ0n) is 9.69. The van der Waals surface area contributed by atoms with Crippen LogP contribution in [0.3, 0.4) is 0 Å². The highest BCUT2D eigenvalue weighted by Gasteiger charge is 2.21. The van der Waals surface area contributed by atoms with Crippen LogP contribution >= 0.6 is 23.3 Å². The minimum atomic E-state index is 0.544. The van der Waals surface area contributed by atoms with Crippen LogP contribution in [0.4, 0.5) is 5.82 Å². The number of halogens is 1. The maximum atomic E-state index is 5.98. The van der Waals surface area contributed by atoms with Gasteiger partial charge in [-0.1, -0.05) is 25.4 Å². The van der Waals surface area contributed by atoms with E-state index in [0.29, 0.717) is 5.15 Å². The highest BCUT2D eigenvalue weighted by molar-refractivity contribution is 6.99. The predicted octanol–water partition coefficient (Wildman–Crippen LogP) is 1.97. The van der Waals surface area contributed by atoms with Gasteiger partial charge in [0.05, 0.1) is 11.7 Å². The number of hydrogen-bond acceptors (Lipinski definition) is 5. The normalized spacial score (nSPS) is 18.4. The van der Waals surface area contributed by atoms with Gasteiger partial charge in [-0.25, -0.2) is 0 Å². The van der Waals surface area contributed by atoms with E-state index in [2.05, 4.69) is 32.4 Å². The topological polar surface area (TPSA) is 32.3 Å². The highest BCUT2D eigenvalue weighted by atomic mass is 35.5. The first-order chi connectivity index (χ1) is 7.66. The molecule has 4 nitrogen and oxygen atoms in total. The molecule has 0 saturated carbocycles. The zero-order chi connectivity index (χ0) is 11.5. The van der Waals surface area contributed by atoms with E-state index < -0.39 is 0 Å². The first-order valence-corrected chi connectivity index (χ1v) is 6.73. The molecule has 0 bridgehead atoms. The number of aromatic nitrogens is 2. The number of piperazine rings is 1. The fraction of sp³-hybridized carbons (Fsp3) is 0.800. The third-order valence-electron chi connectivity index (χ3n) is 2.73.